The Morgan fingerprint density at radius 1 is 0.413 bits per heavy atom. The number of rotatable bonds is 16. The van der Waals surface area contributed by atoms with Gasteiger partial charge in [-0.3, -0.25) is 0 Å². The molecule has 0 unspecified atom stereocenters. The molecule has 0 N–H and O–H groups in total. The van der Waals surface area contributed by atoms with Gasteiger partial charge in [0.15, 0.2) is 0 Å². The molecule has 0 aliphatic heterocycles. The van der Waals surface area contributed by atoms with E-state index in [2.05, 4.69) is 12.1 Å². The van der Waals surface area contributed by atoms with Crippen LogP contribution in [0.25, 0.3) is 0 Å². The molecule has 0 aromatic heterocycles. The van der Waals surface area contributed by atoms with Gasteiger partial charge in [-0.1, -0.05) is 66.7 Å². The number of hydrogen-bond acceptors (Lipinski definition) is 8. The highest BCUT2D eigenvalue weighted by Gasteiger charge is 2.48. The van der Waals surface area contributed by atoms with Crippen LogP contribution in [-0.4, -0.2) is 59.0 Å². The fraction of sp³-hybridized carbons (Fsp3) is 0.368. The van der Waals surface area contributed by atoms with Crippen molar-refractivity contribution in [2.24, 2.45) is 0 Å². The number of hydrogen-bond donors (Lipinski definition) is 0. The van der Waals surface area contributed by atoms with E-state index in [-0.39, 0.29) is 12.2 Å². The molecule has 0 bridgehead atoms. The first-order valence-electron chi connectivity index (χ1n) is 15.5. The lowest BCUT2D eigenvalue weighted by Gasteiger charge is -2.45. The Labute approximate surface area is 272 Å². The Morgan fingerprint density at radius 3 is 1.20 bits per heavy atom. The summed E-state index contributed by atoms with van der Waals surface area (Å²) >= 11 is 0. The monoisotopic (exact) mass is 628 g/mol. The van der Waals surface area contributed by atoms with Crippen molar-refractivity contribution in [3.05, 3.63) is 125 Å². The van der Waals surface area contributed by atoms with Crippen molar-refractivity contribution < 1.29 is 37.9 Å². The summed E-state index contributed by atoms with van der Waals surface area (Å²) in [6, 6.07) is 33.7. The van der Waals surface area contributed by atoms with E-state index in [1.165, 1.54) is 0 Å². The maximum Gasteiger partial charge on any atom is 0.118 e. The highest BCUT2D eigenvalue weighted by molar-refractivity contribution is 5.28. The predicted octanol–water partition coefficient (Wildman–Crippen LogP) is 6.77. The van der Waals surface area contributed by atoms with Crippen LogP contribution in [0.1, 0.15) is 28.7 Å². The summed E-state index contributed by atoms with van der Waals surface area (Å²) in [5.74, 6) is 2.38. The fourth-order valence-corrected chi connectivity index (χ4v) is 5.61. The summed E-state index contributed by atoms with van der Waals surface area (Å²) in [7, 11) is 6.68. The molecule has 0 amide bonds. The summed E-state index contributed by atoms with van der Waals surface area (Å²) in [5.41, 5.74) is 4.12. The first-order chi connectivity index (χ1) is 22.6. The Kier molecular flexibility index (Phi) is 12.4. The number of ether oxygens (including phenoxy) is 8. The van der Waals surface area contributed by atoms with E-state index in [4.69, 9.17) is 37.9 Å². The highest BCUT2D eigenvalue weighted by atomic mass is 16.6. The van der Waals surface area contributed by atoms with E-state index >= 15 is 0 Å². The molecule has 46 heavy (non-hydrogen) atoms. The van der Waals surface area contributed by atoms with Crippen molar-refractivity contribution in [1.29, 1.82) is 0 Å². The fourth-order valence-electron chi connectivity index (χ4n) is 5.61. The topological polar surface area (TPSA) is 73.8 Å². The molecule has 1 saturated carbocycles. The zero-order valence-electron chi connectivity index (χ0n) is 27.0. The molecule has 5 rings (SSSR count). The molecule has 0 radical (unpaired) electrons. The molecule has 4 aromatic rings. The van der Waals surface area contributed by atoms with E-state index < -0.39 is 18.3 Å². The molecule has 4 aromatic carbocycles. The number of benzene rings is 4. The lowest BCUT2D eigenvalue weighted by atomic mass is 9.86. The van der Waals surface area contributed by atoms with Crippen LogP contribution < -0.4 is 14.2 Å². The van der Waals surface area contributed by atoms with Gasteiger partial charge < -0.3 is 37.9 Å². The molecule has 0 spiro atoms. The van der Waals surface area contributed by atoms with Gasteiger partial charge in [0.1, 0.15) is 35.6 Å². The summed E-state index contributed by atoms with van der Waals surface area (Å²) in [5, 5.41) is 0. The van der Waals surface area contributed by atoms with Gasteiger partial charge in [0.2, 0.25) is 0 Å². The highest BCUT2D eigenvalue weighted by Crippen LogP contribution is 2.34. The van der Waals surface area contributed by atoms with Crippen LogP contribution in [0.15, 0.2) is 103 Å². The standard InChI is InChI=1S/C38H44O8/c1-39-31-16-10-28(11-17-31)23-43-35-22-34(42-4)36(44-25-29-12-18-32(40-2)19-13-29)38(37(35)45-24-27-8-6-5-7-9-27)46-26-30-14-20-33(41-3)21-15-30/h5-21,34-38H,22-26H2,1-4H3/t34-,35-,36-,37+,38+/m1/s1. The molecule has 244 valence electrons. The van der Waals surface area contributed by atoms with Gasteiger partial charge in [-0.15, -0.1) is 0 Å². The van der Waals surface area contributed by atoms with Gasteiger partial charge in [-0.2, -0.15) is 0 Å². The molecule has 1 aliphatic carbocycles. The first-order valence-corrected chi connectivity index (χ1v) is 15.5. The molecule has 8 heteroatoms. The summed E-state index contributed by atoms with van der Waals surface area (Å²) in [6.07, 6.45) is -1.41. The van der Waals surface area contributed by atoms with E-state index in [1.54, 1.807) is 28.4 Å². The second-order valence-electron chi connectivity index (χ2n) is 11.2. The minimum atomic E-state index is -0.497. The van der Waals surface area contributed by atoms with E-state index in [9.17, 15) is 0 Å². The Morgan fingerprint density at radius 2 is 0.783 bits per heavy atom. The van der Waals surface area contributed by atoms with E-state index in [1.807, 2.05) is 91.0 Å². The summed E-state index contributed by atoms with van der Waals surface area (Å²) < 4.78 is 48.8. The average Bonchev–Trinajstić information content (AvgIpc) is 3.12. The van der Waals surface area contributed by atoms with Crippen molar-refractivity contribution >= 4 is 0 Å². The van der Waals surface area contributed by atoms with Crippen LogP contribution in [0.4, 0.5) is 0 Å². The molecule has 5 atom stereocenters. The predicted molar refractivity (Wildman–Crippen MR) is 175 cm³/mol. The average molecular weight is 629 g/mol. The van der Waals surface area contributed by atoms with Crippen LogP contribution in [0.5, 0.6) is 17.2 Å². The maximum atomic E-state index is 6.74. The molecular weight excluding hydrogens is 584 g/mol. The lowest BCUT2D eigenvalue weighted by Crippen LogP contribution is -2.59. The van der Waals surface area contributed by atoms with Gasteiger partial charge in [-0.25, -0.2) is 0 Å². The largest absolute Gasteiger partial charge is 0.497 e. The van der Waals surface area contributed by atoms with Crippen LogP contribution >= 0.6 is 0 Å². The van der Waals surface area contributed by atoms with Gasteiger partial charge in [0.05, 0.1) is 60.0 Å². The summed E-state index contributed by atoms with van der Waals surface area (Å²) in [4.78, 5) is 0. The third-order valence-corrected chi connectivity index (χ3v) is 8.26. The number of methoxy groups -OCH3 is 4. The van der Waals surface area contributed by atoms with Crippen molar-refractivity contribution in [1.82, 2.24) is 0 Å². The van der Waals surface area contributed by atoms with Crippen LogP contribution in [0, 0.1) is 0 Å². The van der Waals surface area contributed by atoms with Gasteiger partial charge in [0, 0.05) is 13.5 Å². The summed E-state index contributed by atoms with van der Waals surface area (Å²) in [6.45, 7) is 1.53. The third kappa shape index (κ3) is 9.09. The van der Waals surface area contributed by atoms with E-state index in [0.717, 1.165) is 39.5 Å². The second-order valence-corrected chi connectivity index (χ2v) is 11.2. The van der Waals surface area contributed by atoms with Gasteiger partial charge in [0.25, 0.3) is 0 Å². The minimum Gasteiger partial charge on any atom is -0.497 e. The smallest absolute Gasteiger partial charge is 0.118 e. The van der Waals surface area contributed by atoms with Crippen molar-refractivity contribution in [2.75, 3.05) is 28.4 Å². The SMILES string of the molecule is COc1ccc(CO[C@@H]2[C@@H](OCc3ccccc3)[C@H](OCc3ccc(OC)cc3)C[C@@H](OC)[C@H]2OCc2ccc(OC)cc2)cc1. The molecular formula is C38H44O8. The van der Waals surface area contributed by atoms with Crippen LogP contribution in [0.3, 0.4) is 0 Å². The van der Waals surface area contributed by atoms with Crippen LogP contribution in [0.2, 0.25) is 0 Å². The van der Waals surface area contributed by atoms with Gasteiger partial charge >= 0.3 is 0 Å². The van der Waals surface area contributed by atoms with Crippen LogP contribution in [-0.2, 0) is 50.1 Å². The molecule has 1 fully saturated rings. The zero-order valence-corrected chi connectivity index (χ0v) is 27.0. The quantitative estimate of drug-likeness (QED) is 0.135. The molecule has 8 nitrogen and oxygen atoms in total. The Hall–Kier alpha value is -3.92. The molecule has 0 saturated heterocycles. The first kappa shape index (κ1) is 33.4. The maximum absolute atomic E-state index is 6.74. The molecule has 1 aliphatic rings. The second kappa shape index (κ2) is 17.1. The molecule has 0 heterocycles. The Bertz CT molecular complexity index is 1430. The third-order valence-electron chi connectivity index (χ3n) is 8.26. The van der Waals surface area contributed by atoms with Crippen molar-refractivity contribution in [3.63, 3.8) is 0 Å². The zero-order chi connectivity index (χ0) is 32.1. The lowest BCUT2D eigenvalue weighted by molar-refractivity contribution is -0.244. The Balaban J connectivity index is 1.41. The van der Waals surface area contributed by atoms with Crippen molar-refractivity contribution in [3.8, 4) is 17.2 Å². The minimum absolute atomic E-state index is 0.295. The van der Waals surface area contributed by atoms with Crippen molar-refractivity contribution in [2.45, 2.75) is 63.4 Å². The van der Waals surface area contributed by atoms with E-state index in [0.29, 0.717) is 32.8 Å². The van der Waals surface area contributed by atoms with Gasteiger partial charge in [-0.05, 0) is 58.7 Å². The normalized spacial score (nSPS) is 21.1.